The van der Waals surface area contributed by atoms with Gasteiger partial charge < -0.3 is 0 Å². The van der Waals surface area contributed by atoms with Crippen molar-refractivity contribution >= 4 is 39.6 Å². The fourth-order valence-corrected chi connectivity index (χ4v) is 8.40. The number of aromatic nitrogens is 6. The highest BCUT2D eigenvalue weighted by molar-refractivity contribution is 6.10. The van der Waals surface area contributed by atoms with Gasteiger partial charge in [0.1, 0.15) is 0 Å². The van der Waals surface area contributed by atoms with Crippen molar-refractivity contribution in [3.05, 3.63) is 276 Å². The van der Waals surface area contributed by atoms with Gasteiger partial charge in [-0.25, -0.2) is 29.9 Å². The first kappa shape index (κ1) is 44.6. The molecule has 6 aromatic carbocycles. The van der Waals surface area contributed by atoms with Crippen LogP contribution in [0, 0.1) is 0 Å². The zero-order chi connectivity index (χ0) is 48.0. The SMILES string of the molecule is C=C(c1cccc(-c2ccccc2)c1)c1nc(C(=C)c2nc(C(=O)c3cccc(C4=CCCC=C4)c3)nc(C(=O)c3cccc(-c4ccccc4)c3)n2)nc(C(=O)c2cccc(C3=CCCC=C3)c2)n1. The Morgan fingerprint density at radius 2 is 0.657 bits per heavy atom. The normalized spacial score (nSPS) is 13.0. The van der Waals surface area contributed by atoms with E-state index in [2.05, 4.69) is 58.5 Å². The number of allylic oxidation sites excluding steroid dienone is 8. The molecule has 2 aliphatic rings. The van der Waals surface area contributed by atoms with Gasteiger partial charge in [0.2, 0.25) is 34.8 Å². The summed E-state index contributed by atoms with van der Waals surface area (Å²) >= 11 is 0. The van der Waals surface area contributed by atoms with E-state index in [9.17, 15) is 14.4 Å². The van der Waals surface area contributed by atoms with Gasteiger partial charge in [-0.15, -0.1) is 0 Å². The number of hydrogen-bond donors (Lipinski definition) is 0. The average molecular weight is 909 g/mol. The summed E-state index contributed by atoms with van der Waals surface area (Å²) in [5, 5.41) is 0. The standard InChI is InChI=1S/C61H44N6O3/c1-39(45-27-15-28-46(35-45)41-19-7-3-8-20-41)56-62-57(64-59(63-56)53(68)50-32-16-29-47(36-50)42-21-9-4-10-22-42)40(2)58-65-60(54(69)51-33-17-30-48(37-51)43-23-11-5-12-24-43)67-61(66-58)55(70)52-34-18-31-49(38-52)44-25-13-6-14-26-44/h3,5,7-9,11-13,15-38H,1-2,4,6,10,14H2. The van der Waals surface area contributed by atoms with Crippen LogP contribution in [0.3, 0.4) is 0 Å². The third-order valence-corrected chi connectivity index (χ3v) is 12.1. The molecule has 0 bridgehead atoms. The van der Waals surface area contributed by atoms with Crippen LogP contribution in [0.2, 0.25) is 0 Å². The summed E-state index contributed by atoms with van der Waals surface area (Å²) in [5.74, 6) is -2.38. The van der Waals surface area contributed by atoms with Gasteiger partial charge in [0.15, 0.2) is 17.5 Å². The lowest BCUT2D eigenvalue weighted by Crippen LogP contribution is -2.18. The molecule has 9 heteroatoms. The minimum Gasteiger partial charge on any atom is -0.285 e. The predicted octanol–water partition coefficient (Wildman–Crippen LogP) is 12.7. The fourth-order valence-electron chi connectivity index (χ4n) is 8.40. The molecule has 2 aliphatic carbocycles. The average Bonchev–Trinajstić information content (AvgIpc) is 3.45. The summed E-state index contributed by atoms with van der Waals surface area (Å²) in [6, 6.07) is 49.1. The Labute approximate surface area is 405 Å². The van der Waals surface area contributed by atoms with E-state index >= 15 is 0 Å². The summed E-state index contributed by atoms with van der Waals surface area (Å²) in [7, 11) is 0. The lowest BCUT2D eigenvalue weighted by molar-refractivity contribution is 0.101. The summed E-state index contributed by atoms with van der Waals surface area (Å²) < 4.78 is 0. The van der Waals surface area contributed by atoms with Crippen LogP contribution >= 0.6 is 0 Å². The molecule has 336 valence electrons. The fraction of sp³-hybridized carbons (Fsp3) is 0.0656. The summed E-state index contributed by atoms with van der Waals surface area (Å²) in [6.07, 6.45) is 16.3. The van der Waals surface area contributed by atoms with Crippen LogP contribution in [0.1, 0.15) is 108 Å². The van der Waals surface area contributed by atoms with E-state index in [0.29, 0.717) is 27.8 Å². The molecule has 2 aromatic heterocycles. The lowest BCUT2D eigenvalue weighted by Gasteiger charge is -2.13. The maximum atomic E-state index is 14.6. The van der Waals surface area contributed by atoms with E-state index in [0.717, 1.165) is 70.2 Å². The molecule has 0 saturated carbocycles. The number of nitrogens with zero attached hydrogens (tertiary/aromatic N) is 6. The van der Waals surface area contributed by atoms with Crippen LogP contribution in [-0.2, 0) is 0 Å². The molecule has 0 N–H and O–H groups in total. The van der Waals surface area contributed by atoms with E-state index in [1.807, 2.05) is 121 Å². The first-order chi connectivity index (χ1) is 34.3. The second-order valence-corrected chi connectivity index (χ2v) is 16.9. The maximum Gasteiger partial charge on any atom is 0.230 e. The second-order valence-electron chi connectivity index (χ2n) is 16.9. The first-order valence-electron chi connectivity index (χ1n) is 23.1. The molecule has 0 fully saturated rings. The number of benzene rings is 6. The molecule has 8 aromatic rings. The van der Waals surface area contributed by atoms with Gasteiger partial charge >= 0.3 is 0 Å². The molecule has 0 spiro atoms. The number of carbonyl (C=O) groups excluding carboxylic acids is 3. The smallest absolute Gasteiger partial charge is 0.230 e. The van der Waals surface area contributed by atoms with Crippen molar-refractivity contribution < 1.29 is 14.4 Å². The molecule has 0 aliphatic heterocycles. The Hall–Kier alpha value is -9.21. The molecule has 70 heavy (non-hydrogen) atoms. The van der Waals surface area contributed by atoms with Crippen molar-refractivity contribution in [3.8, 4) is 22.3 Å². The Kier molecular flexibility index (Phi) is 12.7. The van der Waals surface area contributed by atoms with Crippen molar-refractivity contribution in [1.82, 2.24) is 29.9 Å². The highest BCUT2D eigenvalue weighted by Gasteiger charge is 2.26. The zero-order valence-electron chi connectivity index (χ0n) is 38.1. The number of ketones is 3. The molecular weight excluding hydrogens is 865 g/mol. The Bertz CT molecular complexity index is 3300. The van der Waals surface area contributed by atoms with Crippen molar-refractivity contribution in [2.45, 2.75) is 25.7 Å². The molecule has 10 rings (SSSR count). The van der Waals surface area contributed by atoms with Crippen LogP contribution in [0.15, 0.2) is 207 Å². The van der Waals surface area contributed by atoms with Crippen LogP contribution in [0.5, 0.6) is 0 Å². The Morgan fingerprint density at radius 1 is 0.329 bits per heavy atom. The van der Waals surface area contributed by atoms with Gasteiger partial charge in [-0.05, 0) is 100 Å². The van der Waals surface area contributed by atoms with Crippen LogP contribution in [-0.4, -0.2) is 47.3 Å². The molecule has 0 saturated heterocycles. The molecule has 0 atom stereocenters. The van der Waals surface area contributed by atoms with Gasteiger partial charge in [-0.3, -0.25) is 14.4 Å². The molecule has 0 unspecified atom stereocenters. The van der Waals surface area contributed by atoms with Crippen molar-refractivity contribution in [1.29, 1.82) is 0 Å². The Balaban J connectivity index is 1.09. The minimum atomic E-state index is -0.545. The van der Waals surface area contributed by atoms with Gasteiger partial charge in [0.25, 0.3) is 0 Å². The molecule has 0 radical (unpaired) electrons. The highest BCUT2D eigenvalue weighted by atomic mass is 16.1. The first-order valence-corrected chi connectivity index (χ1v) is 23.1. The topological polar surface area (TPSA) is 129 Å². The second kappa shape index (κ2) is 19.9. The monoisotopic (exact) mass is 908 g/mol. The van der Waals surface area contributed by atoms with E-state index in [1.54, 1.807) is 42.5 Å². The third-order valence-electron chi connectivity index (χ3n) is 12.1. The van der Waals surface area contributed by atoms with Crippen LogP contribution in [0.25, 0.3) is 44.5 Å². The largest absolute Gasteiger partial charge is 0.285 e. The zero-order valence-corrected chi connectivity index (χ0v) is 38.1. The van der Waals surface area contributed by atoms with Crippen LogP contribution in [0.4, 0.5) is 0 Å². The van der Waals surface area contributed by atoms with E-state index in [4.69, 9.17) is 15.0 Å². The van der Waals surface area contributed by atoms with Crippen molar-refractivity contribution in [2.24, 2.45) is 0 Å². The maximum absolute atomic E-state index is 14.6. The van der Waals surface area contributed by atoms with E-state index < -0.39 is 17.3 Å². The molecule has 2 heterocycles. The van der Waals surface area contributed by atoms with Gasteiger partial charge in [0, 0.05) is 22.3 Å². The van der Waals surface area contributed by atoms with E-state index in [-0.39, 0.29) is 40.5 Å². The van der Waals surface area contributed by atoms with Gasteiger partial charge in [-0.1, -0.05) is 183 Å². The number of hydrogen-bond acceptors (Lipinski definition) is 9. The minimum absolute atomic E-state index is 0.0181. The molecule has 0 amide bonds. The van der Waals surface area contributed by atoms with E-state index in [1.165, 1.54) is 0 Å². The summed E-state index contributed by atoms with van der Waals surface area (Å²) in [4.78, 5) is 72.0. The van der Waals surface area contributed by atoms with Crippen molar-refractivity contribution in [3.63, 3.8) is 0 Å². The number of rotatable bonds is 14. The predicted molar refractivity (Wildman–Crippen MR) is 276 cm³/mol. The van der Waals surface area contributed by atoms with Crippen molar-refractivity contribution in [2.75, 3.05) is 0 Å². The van der Waals surface area contributed by atoms with Crippen LogP contribution < -0.4 is 0 Å². The third kappa shape index (κ3) is 9.63. The van der Waals surface area contributed by atoms with Gasteiger partial charge in [-0.2, -0.15) is 0 Å². The number of carbonyl (C=O) groups is 3. The van der Waals surface area contributed by atoms with Gasteiger partial charge in [0.05, 0.1) is 5.57 Å². The highest BCUT2D eigenvalue weighted by Crippen LogP contribution is 2.30. The summed E-state index contributed by atoms with van der Waals surface area (Å²) in [5.41, 5.74) is 9.56. The lowest BCUT2D eigenvalue weighted by atomic mass is 9.97. The molecular formula is C61H44N6O3. The molecule has 9 nitrogen and oxygen atoms in total. The quantitative estimate of drug-likeness (QED) is 0.0979. The Morgan fingerprint density at radius 3 is 1.07 bits per heavy atom. The summed E-state index contributed by atoms with van der Waals surface area (Å²) in [6.45, 7) is 8.76.